The maximum absolute atomic E-state index is 12.0. The Bertz CT molecular complexity index is 493. The van der Waals surface area contributed by atoms with Gasteiger partial charge in [-0.25, -0.2) is 4.79 Å². The Labute approximate surface area is 126 Å². The third kappa shape index (κ3) is 6.04. The van der Waals surface area contributed by atoms with E-state index in [1.54, 1.807) is 0 Å². The van der Waals surface area contributed by atoms with Crippen molar-refractivity contribution in [3.63, 3.8) is 0 Å². The van der Waals surface area contributed by atoms with E-state index in [4.69, 9.17) is 9.47 Å². The molecule has 0 saturated carbocycles. The Balaban J connectivity index is 2.51. The quantitative estimate of drug-likeness (QED) is 0.582. The molecule has 0 aliphatic carbocycles. The number of halogens is 2. The van der Waals surface area contributed by atoms with Crippen molar-refractivity contribution in [1.82, 2.24) is 5.32 Å². The second kappa shape index (κ2) is 8.93. The van der Waals surface area contributed by atoms with Crippen LogP contribution in [0.1, 0.15) is 17.3 Å². The van der Waals surface area contributed by atoms with Crippen LogP contribution in [0.15, 0.2) is 24.3 Å². The molecule has 122 valence electrons. The van der Waals surface area contributed by atoms with Gasteiger partial charge in [0.05, 0.1) is 12.2 Å². The van der Waals surface area contributed by atoms with Crippen molar-refractivity contribution in [3.8, 4) is 5.75 Å². The SMILES string of the molecule is COCCNC(=O)[C@H](C)OC(=O)c1ccc(OC(F)F)cc1. The van der Waals surface area contributed by atoms with Gasteiger partial charge in [0.15, 0.2) is 6.10 Å². The minimum absolute atomic E-state index is 0.0723. The number of ether oxygens (including phenoxy) is 3. The third-order valence-corrected chi connectivity index (χ3v) is 2.57. The smallest absolute Gasteiger partial charge is 0.387 e. The van der Waals surface area contributed by atoms with Gasteiger partial charge in [0.25, 0.3) is 5.91 Å². The molecule has 0 radical (unpaired) electrons. The normalized spacial score (nSPS) is 11.9. The fourth-order valence-electron chi connectivity index (χ4n) is 1.47. The lowest BCUT2D eigenvalue weighted by atomic mass is 10.2. The molecule has 0 bridgehead atoms. The van der Waals surface area contributed by atoms with Crippen molar-refractivity contribution < 1.29 is 32.6 Å². The van der Waals surface area contributed by atoms with Crippen LogP contribution in [0.4, 0.5) is 8.78 Å². The van der Waals surface area contributed by atoms with E-state index in [0.717, 1.165) is 0 Å². The van der Waals surface area contributed by atoms with Crippen molar-refractivity contribution in [2.45, 2.75) is 19.6 Å². The van der Waals surface area contributed by atoms with Gasteiger partial charge >= 0.3 is 12.6 Å². The summed E-state index contributed by atoms with van der Waals surface area (Å²) >= 11 is 0. The van der Waals surface area contributed by atoms with E-state index in [9.17, 15) is 18.4 Å². The molecule has 0 aliphatic rings. The van der Waals surface area contributed by atoms with Crippen LogP contribution in [-0.4, -0.2) is 44.9 Å². The molecule has 0 unspecified atom stereocenters. The molecule has 0 spiro atoms. The number of alkyl halides is 2. The zero-order valence-electron chi connectivity index (χ0n) is 12.2. The number of carbonyl (C=O) groups excluding carboxylic acids is 2. The van der Waals surface area contributed by atoms with Crippen LogP contribution < -0.4 is 10.1 Å². The van der Waals surface area contributed by atoms with Crippen LogP contribution in [0, 0.1) is 0 Å². The van der Waals surface area contributed by atoms with Crippen LogP contribution in [0.25, 0.3) is 0 Å². The number of esters is 1. The molecule has 8 heteroatoms. The van der Waals surface area contributed by atoms with Crippen LogP contribution in [0.2, 0.25) is 0 Å². The lowest BCUT2D eigenvalue weighted by Gasteiger charge is -2.13. The Hall–Kier alpha value is -2.22. The van der Waals surface area contributed by atoms with Crippen LogP contribution in [0.5, 0.6) is 5.75 Å². The highest BCUT2D eigenvalue weighted by atomic mass is 19.3. The van der Waals surface area contributed by atoms with E-state index in [-0.39, 0.29) is 11.3 Å². The van der Waals surface area contributed by atoms with Gasteiger partial charge in [-0.1, -0.05) is 0 Å². The van der Waals surface area contributed by atoms with Gasteiger partial charge < -0.3 is 19.5 Å². The third-order valence-electron chi connectivity index (χ3n) is 2.57. The molecule has 0 aromatic heterocycles. The number of amides is 1. The zero-order chi connectivity index (χ0) is 16.5. The Kier molecular flexibility index (Phi) is 7.24. The number of carbonyl (C=O) groups is 2. The highest BCUT2D eigenvalue weighted by Crippen LogP contribution is 2.15. The van der Waals surface area contributed by atoms with Gasteiger partial charge in [-0.2, -0.15) is 8.78 Å². The Morgan fingerprint density at radius 1 is 1.23 bits per heavy atom. The van der Waals surface area contributed by atoms with Crippen molar-refractivity contribution in [2.75, 3.05) is 20.3 Å². The van der Waals surface area contributed by atoms with Gasteiger partial charge in [0, 0.05) is 13.7 Å². The average molecular weight is 317 g/mol. The second-order valence-electron chi connectivity index (χ2n) is 4.23. The topological polar surface area (TPSA) is 73.9 Å². The molecule has 1 atom stereocenters. The van der Waals surface area contributed by atoms with Crippen LogP contribution >= 0.6 is 0 Å². The van der Waals surface area contributed by atoms with Gasteiger partial charge in [-0.05, 0) is 31.2 Å². The molecule has 0 fully saturated rings. The first-order valence-corrected chi connectivity index (χ1v) is 6.46. The summed E-state index contributed by atoms with van der Waals surface area (Å²) in [7, 11) is 1.50. The van der Waals surface area contributed by atoms with E-state index in [1.165, 1.54) is 38.3 Å². The number of hydrogen-bond acceptors (Lipinski definition) is 5. The lowest BCUT2D eigenvalue weighted by Crippen LogP contribution is -2.37. The highest BCUT2D eigenvalue weighted by molar-refractivity contribution is 5.92. The van der Waals surface area contributed by atoms with Crippen molar-refractivity contribution in [1.29, 1.82) is 0 Å². The van der Waals surface area contributed by atoms with Gasteiger partial charge in [-0.15, -0.1) is 0 Å². The number of rotatable bonds is 8. The zero-order valence-corrected chi connectivity index (χ0v) is 12.2. The molecule has 0 aliphatic heterocycles. The van der Waals surface area contributed by atoms with Gasteiger partial charge in [0.2, 0.25) is 0 Å². The predicted molar refractivity (Wildman–Crippen MR) is 72.8 cm³/mol. The van der Waals surface area contributed by atoms with Gasteiger partial charge in [-0.3, -0.25) is 4.79 Å². The largest absolute Gasteiger partial charge is 0.449 e. The number of hydrogen-bond donors (Lipinski definition) is 1. The second-order valence-corrected chi connectivity index (χ2v) is 4.23. The molecule has 0 heterocycles. The Morgan fingerprint density at radius 3 is 2.41 bits per heavy atom. The standard InChI is InChI=1S/C14H17F2NO5/c1-9(12(18)17-7-8-20-2)21-13(19)10-3-5-11(6-4-10)22-14(15)16/h3-6,9,14H,7-8H2,1-2H3,(H,17,18)/t9-/m0/s1. The maximum atomic E-state index is 12.0. The van der Waals surface area contributed by atoms with E-state index in [1.807, 2.05) is 0 Å². The summed E-state index contributed by atoms with van der Waals surface area (Å²) in [5.41, 5.74) is 0.123. The Morgan fingerprint density at radius 2 is 1.86 bits per heavy atom. The summed E-state index contributed by atoms with van der Waals surface area (Å²) in [4.78, 5) is 23.4. The fourth-order valence-corrected chi connectivity index (χ4v) is 1.47. The molecule has 6 nitrogen and oxygen atoms in total. The van der Waals surface area contributed by atoms with Crippen LogP contribution in [-0.2, 0) is 14.3 Å². The summed E-state index contributed by atoms with van der Waals surface area (Å²) in [6.45, 7) is -0.864. The molecule has 1 amide bonds. The summed E-state index contributed by atoms with van der Waals surface area (Å²) < 4.78 is 37.9. The van der Waals surface area contributed by atoms with E-state index in [2.05, 4.69) is 10.1 Å². The summed E-state index contributed by atoms with van der Waals surface area (Å²) in [6.07, 6.45) is -0.985. The predicted octanol–water partition coefficient (Wildman–Crippen LogP) is 1.60. The molecule has 1 N–H and O–H groups in total. The minimum Gasteiger partial charge on any atom is -0.449 e. The maximum Gasteiger partial charge on any atom is 0.387 e. The van der Waals surface area contributed by atoms with E-state index in [0.29, 0.717) is 13.2 Å². The van der Waals surface area contributed by atoms with E-state index >= 15 is 0 Å². The minimum atomic E-state index is -2.94. The first-order chi connectivity index (χ1) is 10.4. The monoisotopic (exact) mass is 317 g/mol. The lowest BCUT2D eigenvalue weighted by molar-refractivity contribution is -0.129. The number of benzene rings is 1. The fraction of sp³-hybridized carbons (Fsp3) is 0.429. The number of methoxy groups -OCH3 is 1. The molecule has 1 aromatic rings. The molecule has 0 saturated heterocycles. The highest BCUT2D eigenvalue weighted by Gasteiger charge is 2.18. The summed E-state index contributed by atoms with van der Waals surface area (Å²) in [5.74, 6) is -1.27. The van der Waals surface area contributed by atoms with Gasteiger partial charge in [0.1, 0.15) is 5.75 Å². The first kappa shape index (κ1) is 17.8. The molecular weight excluding hydrogens is 300 g/mol. The molecule has 1 aromatic carbocycles. The summed E-state index contributed by atoms with van der Waals surface area (Å²) in [6, 6.07) is 4.98. The number of nitrogens with one attached hydrogen (secondary N) is 1. The summed E-state index contributed by atoms with van der Waals surface area (Å²) in [5, 5.41) is 2.53. The molecule has 22 heavy (non-hydrogen) atoms. The first-order valence-electron chi connectivity index (χ1n) is 6.46. The van der Waals surface area contributed by atoms with Crippen LogP contribution in [0.3, 0.4) is 0 Å². The average Bonchev–Trinajstić information content (AvgIpc) is 2.47. The van der Waals surface area contributed by atoms with Crippen molar-refractivity contribution in [3.05, 3.63) is 29.8 Å². The van der Waals surface area contributed by atoms with Crippen molar-refractivity contribution >= 4 is 11.9 Å². The van der Waals surface area contributed by atoms with E-state index < -0.39 is 24.6 Å². The molecular formula is C14H17F2NO5. The molecule has 1 rings (SSSR count). The van der Waals surface area contributed by atoms with Crippen molar-refractivity contribution in [2.24, 2.45) is 0 Å².